The van der Waals surface area contributed by atoms with Crippen LogP contribution < -0.4 is 0 Å². The van der Waals surface area contributed by atoms with Gasteiger partial charge in [0.2, 0.25) is 0 Å². The zero-order valence-electron chi connectivity index (χ0n) is 11.4. The van der Waals surface area contributed by atoms with E-state index in [0.29, 0.717) is 10.6 Å². The standard InChI is InChI=1S/C18H13BrClF/c1-11-6-7-12-4-2-3-5-14(12)17(11)18(19)15-10-13(20)8-9-16(15)21/h2-10,18H,1H3. The van der Waals surface area contributed by atoms with Crippen molar-refractivity contribution in [1.82, 2.24) is 0 Å². The maximum absolute atomic E-state index is 14.1. The molecule has 0 aliphatic carbocycles. The predicted molar refractivity (Wildman–Crippen MR) is 90.9 cm³/mol. The highest BCUT2D eigenvalue weighted by molar-refractivity contribution is 9.09. The second kappa shape index (κ2) is 5.78. The van der Waals surface area contributed by atoms with Crippen LogP contribution in [-0.4, -0.2) is 0 Å². The van der Waals surface area contributed by atoms with E-state index in [1.807, 2.05) is 19.1 Å². The van der Waals surface area contributed by atoms with Crippen LogP contribution in [0.3, 0.4) is 0 Å². The van der Waals surface area contributed by atoms with E-state index < -0.39 is 0 Å². The van der Waals surface area contributed by atoms with Crippen LogP contribution in [0.1, 0.15) is 21.5 Å². The Hall–Kier alpha value is -1.38. The number of alkyl halides is 1. The van der Waals surface area contributed by atoms with E-state index >= 15 is 0 Å². The fourth-order valence-corrected chi connectivity index (χ4v) is 3.74. The molecule has 0 fully saturated rings. The van der Waals surface area contributed by atoms with Gasteiger partial charge in [0.1, 0.15) is 5.82 Å². The second-order valence-corrected chi connectivity index (χ2v) is 6.40. The number of halogens is 3. The molecule has 0 radical (unpaired) electrons. The summed E-state index contributed by atoms with van der Waals surface area (Å²) in [4.78, 5) is -0.234. The minimum absolute atomic E-state index is 0.234. The zero-order chi connectivity index (χ0) is 15.0. The van der Waals surface area contributed by atoms with Crippen molar-refractivity contribution in [3.63, 3.8) is 0 Å². The van der Waals surface area contributed by atoms with Gasteiger partial charge >= 0.3 is 0 Å². The maximum Gasteiger partial charge on any atom is 0.127 e. The third kappa shape index (κ3) is 2.70. The molecule has 0 bridgehead atoms. The third-order valence-electron chi connectivity index (χ3n) is 3.67. The van der Waals surface area contributed by atoms with Crippen molar-refractivity contribution < 1.29 is 4.39 Å². The van der Waals surface area contributed by atoms with Gasteiger partial charge in [-0.3, -0.25) is 0 Å². The molecule has 0 saturated carbocycles. The average molecular weight is 364 g/mol. The van der Waals surface area contributed by atoms with Gasteiger partial charge in [-0.25, -0.2) is 4.39 Å². The highest BCUT2D eigenvalue weighted by atomic mass is 79.9. The van der Waals surface area contributed by atoms with E-state index in [-0.39, 0.29) is 10.6 Å². The topological polar surface area (TPSA) is 0 Å². The van der Waals surface area contributed by atoms with Crippen molar-refractivity contribution in [3.8, 4) is 0 Å². The molecular formula is C18H13BrClF. The Morgan fingerprint density at radius 1 is 1.05 bits per heavy atom. The molecule has 1 atom stereocenters. The molecule has 0 heterocycles. The van der Waals surface area contributed by atoms with Crippen molar-refractivity contribution >= 4 is 38.3 Å². The molecule has 0 aliphatic heterocycles. The average Bonchev–Trinajstić information content (AvgIpc) is 2.49. The summed E-state index contributed by atoms with van der Waals surface area (Å²) in [6.07, 6.45) is 0. The molecule has 0 spiro atoms. The van der Waals surface area contributed by atoms with Crippen molar-refractivity contribution in [3.05, 3.63) is 82.1 Å². The van der Waals surface area contributed by atoms with Crippen molar-refractivity contribution in [1.29, 1.82) is 0 Å². The SMILES string of the molecule is Cc1ccc2ccccc2c1C(Br)c1cc(Cl)ccc1F. The minimum atomic E-state index is -0.256. The van der Waals surface area contributed by atoms with Crippen LogP contribution in [0.4, 0.5) is 4.39 Å². The van der Waals surface area contributed by atoms with Crippen molar-refractivity contribution in [2.24, 2.45) is 0 Å². The van der Waals surface area contributed by atoms with E-state index in [9.17, 15) is 4.39 Å². The van der Waals surface area contributed by atoms with Crippen LogP contribution in [-0.2, 0) is 0 Å². The molecule has 3 aromatic rings. The minimum Gasteiger partial charge on any atom is -0.207 e. The molecule has 0 saturated heterocycles. The smallest absolute Gasteiger partial charge is 0.127 e. The van der Waals surface area contributed by atoms with Crippen LogP contribution >= 0.6 is 27.5 Å². The van der Waals surface area contributed by atoms with Crippen LogP contribution in [0.5, 0.6) is 0 Å². The first-order chi connectivity index (χ1) is 10.1. The van der Waals surface area contributed by atoms with E-state index in [2.05, 4.69) is 40.2 Å². The first-order valence-electron chi connectivity index (χ1n) is 6.65. The lowest BCUT2D eigenvalue weighted by molar-refractivity contribution is 0.613. The third-order valence-corrected chi connectivity index (χ3v) is 4.86. The van der Waals surface area contributed by atoms with Crippen LogP contribution in [0.25, 0.3) is 10.8 Å². The van der Waals surface area contributed by atoms with Crippen LogP contribution in [0, 0.1) is 12.7 Å². The molecule has 0 N–H and O–H groups in total. The molecule has 3 aromatic carbocycles. The van der Waals surface area contributed by atoms with E-state index in [4.69, 9.17) is 11.6 Å². The monoisotopic (exact) mass is 362 g/mol. The molecule has 21 heavy (non-hydrogen) atoms. The molecule has 0 nitrogen and oxygen atoms in total. The number of benzene rings is 3. The molecule has 0 aliphatic rings. The van der Waals surface area contributed by atoms with Gasteiger partial charge in [-0.1, -0.05) is 63.9 Å². The van der Waals surface area contributed by atoms with Gasteiger partial charge < -0.3 is 0 Å². The van der Waals surface area contributed by atoms with Gasteiger partial charge in [-0.2, -0.15) is 0 Å². The summed E-state index contributed by atoms with van der Waals surface area (Å²) in [6, 6.07) is 16.9. The summed E-state index contributed by atoms with van der Waals surface area (Å²) >= 11 is 9.67. The molecule has 1 unspecified atom stereocenters. The van der Waals surface area contributed by atoms with Gasteiger partial charge in [0.05, 0.1) is 4.83 Å². The summed E-state index contributed by atoms with van der Waals surface area (Å²) < 4.78 is 14.1. The zero-order valence-corrected chi connectivity index (χ0v) is 13.7. The quantitative estimate of drug-likeness (QED) is 0.460. The summed E-state index contributed by atoms with van der Waals surface area (Å²) in [5, 5.41) is 2.80. The summed E-state index contributed by atoms with van der Waals surface area (Å²) in [5.74, 6) is -0.256. The Balaban J connectivity index is 2.24. The van der Waals surface area contributed by atoms with Crippen LogP contribution in [0.15, 0.2) is 54.6 Å². The summed E-state index contributed by atoms with van der Waals surface area (Å²) in [7, 11) is 0. The van der Waals surface area contributed by atoms with Gasteiger partial charge in [-0.15, -0.1) is 0 Å². The maximum atomic E-state index is 14.1. The lowest BCUT2D eigenvalue weighted by Crippen LogP contribution is -2.00. The van der Waals surface area contributed by atoms with E-state index in [0.717, 1.165) is 21.9 Å². The lowest BCUT2D eigenvalue weighted by Gasteiger charge is -2.17. The molecule has 3 heteroatoms. The Bertz CT molecular complexity index is 813. The normalized spacial score (nSPS) is 12.6. The van der Waals surface area contributed by atoms with Gasteiger partial charge in [0.25, 0.3) is 0 Å². The second-order valence-electron chi connectivity index (χ2n) is 5.05. The van der Waals surface area contributed by atoms with E-state index in [1.165, 1.54) is 6.07 Å². The van der Waals surface area contributed by atoms with Gasteiger partial charge in [0.15, 0.2) is 0 Å². The Labute approximate surface area is 136 Å². The fraction of sp³-hybridized carbons (Fsp3) is 0.111. The molecule has 3 rings (SSSR count). The molecular weight excluding hydrogens is 351 g/mol. The number of aryl methyl sites for hydroxylation is 1. The lowest BCUT2D eigenvalue weighted by atomic mass is 9.94. The molecule has 0 amide bonds. The Morgan fingerprint density at radius 2 is 1.81 bits per heavy atom. The number of rotatable bonds is 2. The number of fused-ring (bicyclic) bond motifs is 1. The van der Waals surface area contributed by atoms with E-state index in [1.54, 1.807) is 12.1 Å². The Kier molecular flexibility index (Phi) is 4.01. The van der Waals surface area contributed by atoms with Crippen molar-refractivity contribution in [2.45, 2.75) is 11.8 Å². The first-order valence-corrected chi connectivity index (χ1v) is 7.94. The van der Waals surface area contributed by atoms with Gasteiger partial charge in [-0.05, 0) is 47.0 Å². The highest BCUT2D eigenvalue weighted by Crippen LogP contribution is 2.39. The summed E-state index contributed by atoms with van der Waals surface area (Å²) in [5.41, 5.74) is 2.76. The van der Waals surface area contributed by atoms with Crippen molar-refractivity contribution in [2.75, 3.05) is 0 Å². The first kappa shape index (κ1) is 14.6. The Morgan fingerprint density at radius 3 is 2.62 bits per heavy atom. The number of hydrogen-bond acceptors (Lipinski definition) is 0. The largest absolute Gasteiger partial charge is 0.207 e. The highest BCUT2D eigenvalue weighted by Gasteiger charge is 2.19. The molecule has 106 valence electrons. The predicted octanol–water partition coefficient (Wildman–Crippen LogP) is 6.43. The number of hydrogen-bond donors (Lipinski definition) is 0. The molecule has 0 aromatic heterocycles. The van der Waals surface area contributed by atoms with Gasteiger partial charge in [0, 0.05) is 10.6 Å². The fourth-order valence-electron chi connectivity index (χ4n) is 2.61. The van der Waals surface area contributed by atoms with Crippen LogP contribution in [0.2, 0.25) is 5.02 Å². The summed E-state index contributed by atoms with van der Waals surface area (Å²) in [6.45, 7) is 2.04.